The van der Waals surface area contributed by atoms with Crippen LogP contribution in [-0.4, -0.2) is 17.9 Å². The standard InChI is InChI=1S/C15H12Cl2INO/c1-19(9-10-5-4-7-12(16)14(10)17)15(20)11-6-2-3-8-13(11)18/h2-8H,9H2,1H3. The highest BCUT2D eigenvalue weighted by Crippen LogP contribution is 2.26. The second-order valence-corrected chi connectivity index (χ2v) is 6.30. The summed E-state index contributed by atoms with van der Waals surface area (Å²) in [6, 6.07) is 12.9. The molecule has 104 valence electrons. The van der Waals surface area contributed by atoms with Crippen LogP contribution in [0.3, 0.4) is 0 Å². The first-order chi connectivity index (χ1) is 9.50. The maximum atomic E-state index is 12.4. The van der Waals surface area contributed by atoms with E-state index in [1.807, 2.05) is 36.4 Å². The molecule has 2 aromatic carbocycles. The lowest BCUT2D eigenvalue weighted by atomic mass is 10.1. The molecule has 0 N–H and O–H groups in total. The lowest BCUT2D eigenvalue weighted by Gasteiger charge is -2.19. The molecule has 0 saturated carbocycles. The third kappa shape index (κ3) is 3.45. The maximum Gasteiger partial charge on any atom is 0.254 e. The van der Waals surface area contributed by atoms with Crippen LogP contribution in [0.15, 0.2) is 42.5 Å². The van der Waals surface area contributed by atoms with Crippen molar-refractivity contribution >= 4 is 51.7 Å². The Balaban J connectivity index is 2.20. The molecule has 2 aromatic rings. The highest BCUT2D eigenvalue weighted by atomic mass is 127. The van der Waals surface area contributed by atoms with Gasteiger partial charge in [-0.2, -0.15) is 0 Å². The summed E-state index contributed by atoms with van der Waals surface area (Å²) in [4.78, 5) is 14.0. The quantitative estimate of drug-likeness (QED) is 0.650. The van der Waals surface area contributed by atoms with Gasteiger partial charge in [0.15, 0.2) is 0 Å². The van der Waals surface area contributed by atoms with Gasteiger partial charge in [0.05, 0.1) is 15.6 Å². The Morgan fingerprint density at radius 3 is 2.55 bits per heavy atom. The largest absolute Gasteiger partial charge is 0.337 e. The highest BCUT2D eigenvalue weighted by Gasteiger charge is 2.16. The number of amides is 1. The Hall–Kier alpha value is -0.780. The van der Waals surface area contributed by atoms with E-state index in [1.54, 1.807) is 18.0 Å². The van der Waals surface area contributed by atoms with Crippen LogP contribution in [-0.2, 0) is 6.54 Å². The fraction of sp³-hybridized carbons (Fsp3) is 0.133. The molecule has 0 spiro atoms. The Morgan fingerprint density at radius 2 is 1.85 bits per heavy atom. The van der Waals surface area contributed by atoms with Crippen molar-refractivity contribution < 1.29 is 4.79 Å². The van der Waals surface area contributed by atoms with Crippen molar-refractivity contribution in [2.45, 2.75) is 6.54 Å². The molecule has 2 rings (SSSR count). The summed E-state index contributed by atoms with van der Waals surface area (Å²) in [5.41, 5.74) is 1.52. The van der Waals surface area contributed by atoms with Crippen molar-refractivity contribution in [2.24, 2.45) is 0 Å². The van der Waals surface area contributed by atoms with Gasteiger partial charge in [0, 0.05) is 17.2 Å². The van der Waals surface area contributed by atoms with E-state index in [4.69, 9.17) is 23.2 Å². The van der Waals surface area contributed by atoms with Crippen molar-refractivity contribution in [3.63, 3.8) is 0 Å². The summed E-state index contributed by atoms with van der Waals surface area (Å²) in [5.74, 6) is -0.0361. The minimum atomic E-state index is -0.0361. The van der Waals surface area contributed by atoms with E-state index in [9.17, 15) is 4.79 Å². The van der Waals surface area contributed by atoms with Crippen molar-refractivity contribution in [2.75, 3.05) is 7.05 Å². The monoisotopic (exact) mass is 419 g/mol. The van der Waals surface area contributed by atoms with Crippen LogP contribution in [0.2, 0.25) is 10.0 Å². The molecule has 0 bridgehead atoms. The zero-order valence-corrected chi connectivity index (χ0v) is 14.4. The number of hydrogen-bond donors (Lipinski definition) is 0. The summed E-state index contributed by atoms with van der Waals surface area (Å²) in [5, 5.41) is 0.996. The van der Waals surface area contributed by atoms with Crippen LogP contribution in [0.5, 0.6) is 0 Å². The minimum Gasteiger partial charge on any atom is -0.337 e. The molecule has 20 heavy (non-hydrogen) atoms. The van der Waals surface area contributed by atoms with E-state index in [-0.39, 0.29) is 5.91 Å². The maximum absolute atomic E-state index is 12.4. The summed E-state index contributed by atoms with van der Waals surface area (Å²) in [6.45, 7) is 0.420. The van der Waals surface area contributed by atoms with E-state index < -0.39 is 0 Å². The smallest absolute Gasteiger partial charge is 0.254 e. The van der Waals surface area contributed by atoms with Gasteiger partial charge in [0.2, 0.25) is 0 Å². The zero-order valence-electron chi connectivity index (χ0n) is 10.7. The predicted octanol–water partition coefficient (Wildman–Crippen LogP) is 4.87. The van der Waals surface area contributed by atoms with Gasteiger partial charge in [0.1, 0.15) is 0 Å². The highest BCUT2D eigenvalue weighted by molar-refractivity contribution is 14.1. The number of halogens is 3. The molecule has 0 saturated heterocycles. The van der Waals surface area contributed by atoms with Crippen LogP contribution in [0.1, 0.15) is 15.9 Å². The van der Waals surface area contributed by atoms with Gasteiger partial charge in [-0.15, -0.1) is 0 Å². The van der Waals surface area contributed by atoms with Gasteiger partial charge >= 0.3 is 0 Å². The molecule has 1 amide bonds. The second kappa shape index (κ2) is 6.78. The minimum absolute atomic E-state index is 0.0361. The average molecular weight is 420 g/mol. The van der Waals surface area contributed by atoms with Crippen molar-refractivity contribution in [1.29, 1.82) is 0 Å². The molecule has 0 aliphatic carbocycles. The predicted molar refractivity (Wildman–Crippen MR) is 91.4 cm³/mol. The molecule has 0 aliphatic rings. The zero-order chi connectivity index (χ0) is 14.7. The third-order valence-corrected chi connectivity index (χ3v) is 4.69. The molecule has 0 aromatic heterocycles. The van der Waals surface area contributed by atoms with E-state index in [2.05, 4.69) is 22.6 Å². The Kier molecular flexibility index (Phi) is 5.29. The number of hydrogen-bond acceptors (Lipinski definition) is 1. The van der Waals surface area contributed by atoms with Gasteiger partial charge in [-0.25, -0.2) is 0 Å². The summed E-state index contributed by atoms with van der Waals surface area (Å²) < 4.78 is 0.930. The molecule has 0 fully saturated rings. The lowest BCUT2D eigenvalue weighted by molar-refractivity contribution is 0.0784. The molecule has 0 aliphatic heterocycles. The van der Waals surface area contributed by atoms with Crippen LogP contribution in [0.4, 0.5) is 0 Å². The summed E-state index contributed by atoms with van der Waals surface area (Å²) in [7, 11) is 1.75. The number of nitrogens with zero attached hydrogens (tertiary/aromatic N) is 1. The molecule has 0 atom stereocenters. The fourth-order valence-corrected chi connectivity index (χ4v) is 2.84. The summed E-state index contributed by atoms with van der Waals surface area (Å²) in [6.07, 6.45) is 0. The number of benzene rings is 2. The van der Waals surface area contributed by atoms with Crippen LogP contribution >= 0.6 is 45.8 Å². The topological polar surface area (TPSA) is 20.3 Å². The normalized spacial score (nSPS) is 10.4. The Bertz CT molecular complexity index is 646. The molecular weight excluding hydrogens is 408 g/mol. The first kappa shape index (κ1) is 15.6. The van der Waals surface area contributed by atoms with Crippen LogP contribution in [0.25, 0.3) is 0 Å². The number of carbonyl (C=O) groups excluding carboxylic acids is 1. The molecule has 5 heteroatoms. The average Bonchev–Trinajstić information content (AvgIpc) is 2.43. The molecular formula is C15H12Cl2INO. The van der Waals surface area contributed by atoms with Crippen molar-refractivity contribution in [3.8, 4) is 0 Å². The lowest BCUT2D eigenvalue weighted by Crippen LogP contribution is -2.27. The molecule has 0 heterocycles. The van der Waals surface area contributed by atoms with Crippen molar-refractivity contribution in [1.82, 2.24) is 4.90 Å². The van der Waals surface area contributed by atoms with Gasteiger partial charge in [-0.05, 0) is 46.4 Å². The molecule has 0 radical (unpaired) electrons. The van der Waals surface area contributed by atoms with Crippen molar-refractivity contribution in [3.05, 3.63) is 67.2 Å². The third-order valence-electron chi connectivity index (χ3n) is 2.89. The van der Waals surface area contributed by atoms with Gasteiger partial charge < -0.3 is 4.90 Å². The SMILES string of the molecule is CN(Cc1cccc(Cl)c1Cl)C(=O)c1ccccc1I. The number of rotatable bonds is 3. The molecule has 0 unspecified atom stereocenters. The first-order valence-corrected chi connectivity index (χ1v) is 7.77. The van der Waals surface area contributed by atoms with Gasteiger partial charge in [-0.3, -0.25) is 4.79 Å². The van der Waals surface area contributed by atoms with E-state index >= 15 is 0 Å². The Morgan fingerprint density at radius 1 is 1.15 bits per heavy atom. The van der Waals surface area contributed by atoms with E-state index in [1.165, 1.54) is 0 Å². The summed E-state index contributed by atoms with van der Waals surface area (Å²) >= 11 is 14.3. The Labute approximate surface area is 141 Å². The van der Waals surface area contributed by atoms with Gasteiger partial charge in [0.25, 0.3) is 5.91 Å². The van der Waals surface area contributed by atoms with Gasteiger partial charge in [-0.1, -0.05) is 47.5 Å². The second-order valence-electron chi connectivity index (χ2n) is 4.35. The first-order valence-electron chi connectivity index (χ1n) is 5.93. The molecule has 2 nitrogen and oxygen atoms in total. The van der Waals surface area contributed by atoms with Crippen LogP contribution < -0.4 is 0 Å². The number of carbonyl (C=O) groups is 1. The van der Waals surface area contributed by atoms with E-state index in [0.29, 0.717) is 22.2 Å². The van der Waals surface area contributed by atoms with Crippen LogP contribution in [0, 0.1) is 3.57 Å². The van der Waals surface area contributed by atoms with E-state index in [0.717, 1.165) is 9.13 Å². The fourth-order valence-electron chi connectivity index (χ4n) is 1.84.